The summed E-state index contributed by atoms with van der Waals surface area (Å²) in [6, 6.07) is 9.49. The van der Waals surface area contributed by atoms with E-state index in [0.29, 0.717) is 25.5 Å². The zero-order valence-electron chi connectivity index (χ0n) is 12.1. The monoisotopic (exact) mass is 318 g/mol. The number of sulfonamides is 1. The molecular weight excluding hydrogens is 300 g/mol. The Morgan fingerprint density at radius 2 is 1.73 bits per heavy atom. The molecule has 0 aliphatic carbocycles. The van der Waals surface area contributed by atoms with Crippen LogP contribution >= 0.6 is 0 Å². The van der Waals surface area contributed by atoms with E-state index in [-0.39, 0.29) is 4.90 Å². The van der Waals surface area contributed by atoms with Gasteiger partial charge in [0, 0.05) is 25.2 Å². The van der Waals surface area contributed by atoms with E-state index in [9.17, 15) is 8.42 Å². The minimum Gasteiger partial charge on any atom is -0.315 e. The quantitative estimate of drug-likeness (QED) is 0.918. The van der Waals surface area contributed by atoms with E-state index in [1.807, 2.05) is 30.3 Å². The predicted molar refractivity (Wildman–Crippen MR) is 83.7 cm³/mol. The van der Waals surface area contributed by atoms with Crippen LogP contribution in [0.3, 0.4) is 0 Å². The van der Waals surface area contributed by atoms with E-state index in [1.54, 1.807) is 0 Å². The third-order valence-corrected chi connectivity index (χ3v) is 5.45. The summed E-state index contributed by atoms with van der Waals surface area (Å²) >= 11 is 0. The van der Waals surface area contributed by atoms with Crippen LogP contribution in [-0.2, 0) is 10.0 Å². The summed E-state index contributed by atoms with van der Waals surface area (Å²) in [5, 5.41) is 3.19. The van der Waals surface area contributed by atoms with Gasteiger partial charge in [0.1, 0.15) is 4.90 Å². The average Bonchev–Trinajstić information content (AvgIpc) is 2.86. The SMILES string of the molecule is O=S(=O)(c1cnc(-c2ccccc2)nc1)N1CCCNCC1. The molecule has 1 aromatic carbocycles. The number of benzene rings is 1. The van der Waals surface area contributed by atoms with Crippen LogP contribution in [0.2, 0.25) is 0 Å². The van der Waals surface area contributed by atoms with Crippen LogP contribution in [0.15, 0.2) is 47.6 Å². The van der Waals surface area contributed by atoms with Crippen LogP contribution in [0.5, 0.6) is 0 Å². The predicted octanol–water partition coefficient (Wildman–Crippen LogP) is 1.13. The molecule has 1 N–H and O–H groups in total. The van der Waals surface area contributed by atoms with Gasteiger partial charge in [-0.15, -0.1) is 0 Å². The van der Waals surface area contributed by atoms with Crippen molar-refractivity contribution in [3.05, 3.63) is 42.7 Å². The van der Waals surface area contributed by atoms with Gasteiger partial charge in [0.15, 0.2) is 5.82 Å². The lowest BCUT2D eigenvalue weighted by molar-refractivity contribution is 0.431. The number of hydrogen-bond donors (Lipinski definition) is 1. The zero-order chi connectivity index (χ0) is 15.4. The molecule has 1 aliphatic rings. The Kier molecular flexibility index (Phi) is 4.47. The second-order valence-electron chi connectivity index (χ2n) is 5.12. The first-order valence-electron chi connectivity index (χ1n) is 7.26. The highest BCUT2D eigenvalue weighted by Gasteiger charge is 2.25. The van der Waals surface area contributed by atoms with E-state index in [2.05, 4.69) is 15.3 Å². The molecule has 0 bridgehead atoms. The van der Waals surface area contributed by atoms with Gasteiger partial charge in [-0.1, -0.05) is 30.3 Å². The van der Waals surface area contributed by atoms with Crippen LogP contribution in [-0.4, -0.2) is 48.9 Å². The van der Waals surface area contributed by atoms with Gasteiger partial charge in [-0.05, 0) is 13.0 Å². The van der Waals surface area contributed by atoms with Crippen molar-refractivity contribution in [1.82, 2.24) is 19.6 Å². The summed E-state index contributed by atoms with van der Waals surface area (Å²) in [6.07, 6.45) is 3.59. The van der Waals surface area contributed by atoms with Crippen LogP contribution in [0.25, 0.3) is 11.4 Å². The summed E-state index contributed by atoms with van der Waals surface area (Å²) in [6.45, 7) is 2.51. The van der Waals surface area contributed by atoms with Crippen molar-refractivity contribution >= 4 is 10.0 Å². The molecule has 1 aliphatic heterocycles. The van der Waals surface area contributed by atoms with Crippen molar-refractivity contribution in [3.8, 4) is 11.4 Å². The highest BCUT2D eigenvalue weighted by Crippen LogP contribution is 2.18. The summed E-state index contributed by atoms with van der Waals surface area (Å²) in [7, 11) is -3.52. The van der Waals surface area contributed by atoms with Crippen molar-refractivity contribution < 1.29 is 8.42 Å². The van der Waals surface area contributed by atoms with Gasteiger partial charge in [-0.3, -0.25) is 0 Å². The number of nitrogens with zero attached hydrogens (tertiary/aromatic N) is 3. The minimum absolute atomic E-state index is 0.147. The van der Waals surface area contributed by atoms with Crippen LogP contribution in [0, 0.1) is 0 Å². The van der Waals surface area contributed by atoms with Gasteiger partial charge in [-0.2, -0.15) is 4.31 Å². The lowest BCUT2D eigenvalue weighted by Gasteiger charge is -2.19. The smallest absolute Gasteiger partial charge is 0.246 e. The molecule has 0 spiro atoms. The standard InChI is InChI=1S/C15H18N4O2S/c20-22(21,19-9-4-7-16-8-10-19)14-11-17-15(18-12-14)13-5-2-1-3-6-13/h1-3,5-6,11-12,16H,4,7-10H2. The normalized spacial score (nSPS) is 17.1. The molecule has 1 aromatic heterocycles. The van der Waals surface area contributed by atoms with Gasteiger partial charge < -0.3 is 5.32 Å². The molecule has 0 radical (unpaired) electrons. The van der Waals surface area contributed by atoms with E-state index in [4.69, 9.17) is 0 Å². The molecule has 0 amide bonds. The first-order chi connectivity index (χ1) is 10.7. The average molecular weight is 318 g/mol. The molecule has 1 saturated heterocycles. The topological polar surface area (TPSA) is 75.2 Å². The molecule has 0 saturated carbocycles. The second kappa shape index (κ2) is 6.51. The Balaban J connectivity index is 1.85. The van der Waals surface area contributed by atoms with E-state index < -0.39 is 10.0 Å². The van der Waals surface area contributed by atoms with Gasteiger partial charge in [0.25, 0.3) is 0 Å². The maximum Gasteiger partial charge on any atom is 0.246 e. The van der Waals surface area contributed by atoms with E-state index in [0.717, 1.165) is 18.5 Å². The van der Waals surface area contributed by atoms with Crippen LogP contribution in [0.1, 0.15) is 6.42 Å². The fourth-order valence-electron chi connectivity index (χ4n) is 2.40. The largest absolute Gasteiger partial charge is 0.315 e. The molecular formula is C15H18N4O2S. The molecule has 2 heterocycles. The maximum absolute atomic E-state index is 12.6. The number of aromatic nitrogens is 2. The third-order valence-electron chi connectivity index (χ3n) is 3.60. The van der Waals surface area contributed by atoms with Gasteiger partial charge in [0.2, 0.25) is 10.0 Å². The molecule has 0 unspecified atom stereocenters. The first-order valence-corrected chi connectivity index (χ1v) is 8.70. The van der Waals surface area contributed by atoms with Crippen molar-refractivity contribution in [2.24, 2.45) is 0 Å². The van der Waals surface area contributed by atoms with Gasteiger partial charge in [-0.25, -0.2) is 18.4 Å². The fraction of sp³-hybridized carbons (Fsp3) is 0.333. The Morgan fingerprint density at radius 3 is 2.45 bits per heavy atom. The summed E-state index contributed by atoms with van der Waals surface area (Å²) < 4.78 is 26.7. The Labute approximate surface area is 130 Å². The molecule has 7 heteroatoms. The van der Waals surface area contributed by atoms with E-state index >= 15 is 0 Å². The highest BCUT2D eigenvalue weighted by atomic mass is 32.2. The Bertz CT molecular complexity index is 709. The lowest BCUT2D eigenvalue weighted by atomic mass is 10.2. The molecule has 22 heavy (non-hydrogen) atoms. The van der Waals surface area contributed by atoms with Crippen molar-refractivity contribution in [2.45, 2.75) is 11.3 Å². The number of nitrogens with one attached hydrogen (secondary N) is 1. The highest BCUT2D eigenvalue weighted by molar-refractivity contribution is 7.89. The first kappa shape index (κ1) is 15.1. The summed E-state index contributed by atoms with van der Waals surface area (Å²) in [4.78, 5) is 8.55. The molecule has 0 atom stereocenters. The van der Waals surface area contributed by atoms with Gasteiger partial charge >= 0.3 is 0 Å². The number of hydrogen-bond acceptors (Lipinski definition) is 5. The maximum atomic E-state index is 12.6. The lowest BCUT2D eigenvalue weighted by Crippen LogP contribution is -2.34. The molecule has 1 fully saturated rings. The summed E-state index contributed by atoms with van der Waals surface area (Å²) in [5.74, 6) is 0.525. The Hall–Kier alpha value is -1.83. The fourth-order valence-corrected chi connectivity index (χ4v) is 3.77. The Morgan fingerprint density at radius 1 is 1.00 bits per heavy atom. The number of rotatable bonds is 3. The van der Waals surface area contributed by atoms with Gasteiger partial charge in [0.05, 0.1) is 12.4 Å². The van der Waals surface area contributed by atoms with E-state index in [1.165, 1.54) is 16.7 Å². The zero-order valence-corrected chi connectivity index (χ0v) is 13.0. The van der Waals surface area contributed by atoms with Crippen molar-refractivity contribution in [2.75, 3.05) is 26.2 Å². The van der Waals surface area contributed by atoms with Crippen LogP contribution in [0.4, 0.5) is 0 Å². The molecule has 2 aromatic rings. The van der Waals surface area contributed by atoms with Crippen LogP contribution < -0.4 is 5.32 Å². The molecule has 3 rings (SSSR count). The molecule has 6 nitrogen and oxygen atoms in total. The van der Waals surface area contributed by atoms with Crippen molar-refractivity contribution in [3.63, 3.8) is 0 Å². The minimum atomic E-state index is -3.52. The molecule has 116 valence electrons. The van der Waals surface area contributed by atoms with Crippen molar-refractivity contribution in [1.29, 1.82) is 0 Å². The second-order valence-corrected chi connectivity index (χ2v) is 7.05. The third kappa shape index (κ3) is 3.16. The summed E-state index contributed by atoms with van der Waals surface area (Å²) in [5.41, 5.74) is 0.866.